The Kier molecular flexibility index (Phi) is 9.45. The first-order valence-electron chi connectivity index (χ1n) is 13.7. The second-order valence-electron chi connectivity index (χ2n) is 10.9. The molecular weight excluding hydrogens is 516 g/mol. The highest BCUT2D eigenvalue weighted by Gasteiger charge is 2.22. The number of aryl methyl sites for hydroxylation is 1. The van der Waals surface area contributed by atoms with Crippen LogP contribution in [-0.4, -0.2) is 26.8 Å². The number of benzene rings is 2. The lowest BCUT2D eigenvalue weighted by molar-refractivity contribution is -0.149. The number of nitrogens with one attached hydrogen (secondary N) is 1. The highest BCUT2D eigenvalue weighted by molar-refractivity contribution is 5.95. The number of carbonyl (C=O) groups is 2. The third kappa shape index (κ3) is 7.97. The molecule has 8 nitrogen and oxygen atoms in total. The fourth-order valence-corrected chi connectivity index (χ4v) is 4.19. The Balaban J connectivity index is 1.55. The number of rotatable bonds is 9. The van der Waals surface area contributed by atoms with Gasteiger partial charge in [0.1, 0.15) is 12.4 Å². The van der Waals surface area contributed by atoms with Crippen molar-refractivity contribution in [3.05, 3.63) is 107 Å². The first kappa shape index (κ1) is 29.4. The number of ether oxygens (including phenoxy) is 1. The number of aromatic nitrogens is 3. The molecule has 0 bridgehead atoms. The average Bonchev–Trinajstić information content (AvgIpc) is 2.96. The van der Waals surface area contributed by atoms with Crippen LogP contribution in [0.4, 0.5) is 0 Å². The van der Waals surface area contributed by atoms with E-state index in [0.717, 1.165) is 22.4 Å². The van der Waals surface area contributed by atoms with Crippen LogP contribution in [0, 0.1) is 6.92 Å². The molecule has 0 saturated carbocycles. The standard InChI is InChI=1S/C33H36N4O4/c1-6-10-29(38)41-37-32(39)30-31(40-21-23-11-8-7-9-12-23)22(2)35-28(36-30)19-24-13-18-27(34-20-24)25-14-16-26(17-15-25)33(3,4)5/h7-9,11-18,20H,6,10,19,21H2,1-5H3,(H,37,39). The summed E-state index contributed by atoms with van der Waals surface area (Å²) in [5.41, 5.74) is 7.77. The summed E-state index contributed by atoms with van der Waals surface area (Å²) >= 11 is 0. The Morgan fingerprint density at radius 1 is 0.902 bits per heavy atom. The topological polar surface area (TPSA) is 103 Å². The molecule has 0 aliphatic carbocycles. The first-order valence-corrected chi connectivity index (χ1v) is 13.7. The molecule has 1 amide bonds. The largest absolute Gasteiger partial charge is 0.485 e. The molecule has 1 N–H and O–H groups in total. The molecule has 0 aliphatic rings. The summed E-state index contributed by atoms with van der Waals surface area (Å²) in [6.07, 6.45) is 2.94. The van der Waals surface area contributed by atoms with Gasteiger partial charge in [-0.15, -0.1) is 0 Å². The molecule has 41 heavy (non-hydrogen) atoms. The van der Waals surface area contributed by atoms with Crippen LogP contribution in [0.15, 0.2) is 72.9 Å². The lowest BCUT2D eigenvalue weighted by Gasteiger charge is -2.19. The number of pyridine rings is 1. The van der Waals surface area contributed by atoms with E-state index < -0.39 is 11.9 Å². The van der Waals surface area contributed by atoms with E-state index in [1.54, 1.807) is 13.1 Å². The Hall–Kier alpha value is -4.59. The molecule has 212 valence electrons. The predicted octanol–water partition coefficient (Wildman–Crippen LogP) is 6.30. The van der Waals surface area contributed by atoms with Gasteiger partial charge in [-0.05, 0) is 41.5 Å². The number of amides is 1. The van der Waals surface area contributed by atoms with Gasteiger partial charge >= 0.3 is 11.9 Å². The van der Waals surface area contributed by atoms with Gasteiger partial charge in [0.2, 0.25) is 0 Å². The van der Waals surface area contributed by atoms with Crippen LogP contribution in [0.2, 0.25) is 0 Å². The van der Waals surface area contributed by atoms with E-state index in [0.29, 0.717) is 24.4 Å². The van der Waals surface area contributed by atoms with Gasteiger partial charge in [-0.25, -0.2) is 14.8 Å². The van der Waals surface area contributed by atoms with E-state index in [1.165, 1.54) is 5.56 Å². The normalized spacial score (nSPS) is 11.1. The van der Waals surface area contributed by atoms with Crippen molar-refractivity contribution in [2.24, 2.45) is 0 Å². The van der Waals surface area contributed by atoms with Gasteiger partial charge in [-0.1, -0.05) is 88.4 Å². The molecule has 4 aromatic rings. The Bertz CT molecular complexity index is 1480. The van der Waals surface area contributed by atoms with Crippen LogP contribution in [0.1, 0.15) is 79.2 Å². The van der Waals surface area contributed by atoms with Crippen LogP contribution < -0.4 is 10.2 Å². The zero-order chi connectivity index (χ0) is 29.4. The van der Waals surface area contributed by atoms with Gasteiger partial charge in [-0.2, -0.15) is 5.48 Å². The van der Waals surface area contributed by atoms with Crippen molar-refractivity contribution in [2.45, 2.75) is 65.9 Å². The predicted molar refractivity (Wildman–Crippen MR) is 157 cm³/mol. The third-order valence-electron chi connectivity index (χ3n) is 6.47. The van der Waals surface area contributed by atoms with Gasteiger partial charge in [0.05, 0.1) is 11.4 Å². The molecule has 0 saturated heterocycles. The highest BCUT2D eigenvalue weighted by atomic mass is 16.7. The smallest absolute Gasteiger partial charge is 0.332 e. The highest BCUT2D eigenvalue weighted by Crippen LogP contribution is 2.26. The summed E-state index contributed by atoms with van der Waals surface area (Å²) in [4.78, 5) is 43.6. The quantitative estimate of drug-likeness (QED) is 0.243. The summed E-state index contributed by atoms with van der Waals surface area (Å²) in [7, 11) is 0. The van der Waals surface area contributed by atoms with E-state index in [4.69, 9.17) is 9.57 Å². The van der Waals surface area contributed by atoms with Crippen LogP contribution in [0.25, 0.3) is 11.3 Å². The minimum Gasteiger partial charge on any atom is -0.485 e. The third-order valence-corrected chi connectivity index (χ3v) is 6.47. The van der Waals surface area contributed by atoms with Gasteiger partial charge in [-0.3, -0.25) is 9.78 Å². The second kappa shape index (κ2) is 13.2. The number of hydroxylamine groups is 1. The summed E-state index contributed by atoms with van der Waals surface area (Å²) in [6.45, 7) is 10.4. The van der Waals surface area contributed by atoms with Crippen molar-refractivity contribution < 1.29 is 19.2 Å². The monoisotopic (exact) mass is 552 g/mol. The molecular formula is C33H36N4O4. The number of carbonyl (C=O) groups excluding carboxylic acids is 2. The molecule has 8 heteroatoms. The van der Waals surface area contributed by atoms with Crippen molar-refractivity contribution in [3.63, 3.8) is 0 Å². The molecule has 0 atom stereocenters. The van der Waals surface area contributed by atoms with Crippen molar-refractivity contribution in [3.8, 4) is 17.0 Å². The molecule has 4 rings (SSSR count). The lowest BCUT2D eigenvalue weighted by Crippen LogP contribution is -2.29. The fourth-order valence-electron chi connectivity index (χ4n) is 4.19. The van der Waals surface area contributed by atoms with Crippen molar-refractivity contribution >= 4 is 11.9 Å². The molecule has 0 radical (unpaired) electrons. The summed E-state index contributed by atoms with van der Waals surface area (Å²) < 4.78 is 5.99. The zero-order valence-electron chi connectivity index (χ0n) is 24.2. The zero-order valence-corrected chi connectivity index (χ0v) is 24.2. The SMILES string of the molecule is CCCC(=O)ONC(=O)c1nc(Cc2ccc(-c3ccc(C(C)(C)C)cc3)nc2)nc(C)c1OCc1ccccc1. The van der Waals surface area contributed by atoms with Gasteiger partial charge < -0.3 is 9.57 Å². The van der Waals surface area contributed by atoms with E-state index >= 15 is 0 Å². The molecule has 0 unspecified atom stereocenters. The van der Waals surface area contributed by atoms with Crippen LogP contribution in [0.5, 0.6) is 5.75 Å². The molecule has 2 heterocycles. The summed E-state index contributed by atoms with van der Waals surface area (Å²) in [5, 5.41) is 0. The summed E-state index contributed by atoms with van der Waals surface area (Å²) in [5.74, 6) is -0.563. The Labute approximate surface area is 241 Å². The second-order valence-corrected chi connectivity index (χ2v) is 10.9. The van der Waals surface area contributed by atoms with E-state index in [2.05, 4.69) is 65.5 Å². The minimum absolute atomic E-state index is 0.00347. The molecule has 0 aliphatic heterocycles. The van der Waals surface area contributed by atoms with E-state index in [1.807, 2.05) is 49.4 Å². The number of hydrogen-bond donors (Lipinski definition) is 1. The van der Waals surface area contributed by atoms with E-state index in [9.17, 15) is 9.59 Å². The maximum atomic E-state index is 13.1. The van der Waals surface area contributed by atoms with E-state index in [-0.39, 0.29) is 29.9 Å². The molecule has 2 aromatic heterocycles. The minimum atomic E-state index is -0.684. The lowest BCUT2D eigenvalue weighted by atomic mass is 9.86. The Morgan fingerprint density at radius 3 is 2.27 bits per heavy atom. The van der Waals surface area contributed by atoms with Gasteiger partial charge in [0.15, 0.2) is 11.4 Å². The average molecular weight is 553 g/mol. The van der Waals surface area contributed by atoms with Crippen LogP contribution >= 0.6 is 0 Å². The van der Waals surface area contributed by atoms with Gasteiger partial charge in [0.25, 0.3) is 0 Å². The number of hydrogen-bond acceptors (Lipinski definition) is 7. The van der Waals surface area contributed by atoms with Crippen LogP contribution in [0.3, 0.4) is 0 Å². The molecule has 2 aromatic carbocycles. The van der Waals surface area contributed by atoms with Crippen molar-refractivity contribution in [2.75, 3.05) is 0 Å². The van der Waals surface area contributed by atoms with Crippen molar-refractivity contribution in [1.29, 1.82) is 0 Å². The van der Waals surface area contributed by atoms with Gasteiger partial charge in [0, 0.05) is 24.6 Å². The van der Waals surface area contributed by atoms with Crippen molar-refractivity contribution in [1.82, 2.24) is 20.4 Å². The maximum absolute atomic E-state index is 13.1. The molecule has 0 spiro atoms. The Morgan fingerprint density at radius 2 is 1.63 bits per heavy atom. The first-order chi connectivity index (χ1) is 19.6. The maximum Gasteiger partial charge on any atom is 0.332 e. The van der Waals surface area contributed by atoms with Crippen LogP contribution in [-0.2, 0) is 28.1 Å². The number of nitrogens with zero attached hydrogens (tertiary/aromatic N) is 3. The molecule has 0 fully saturated rings. The fraction of sp³-hybridized carbons (Fsp3) is 0.303. The summed E-state index contributed by atoms with van der Waals surface area (Å²) in [6, 6.07) is 22.0.